The minimum Gasteiger partial charge on any atom is -0.378 e. The van der Waals surface area contributed by atoms with Crippen LogP contribution in [-0.2, 0) is 28.2 Å². The molecule has 0 aromatic carbocycles. The van der Waals surface area contributed by atoms with Crippen LogP contribution in [0.3, 0.4) is 0 Å². The summed E-state index contributed by atoms with van der Waals surface area (Å²) < 4.78 is 34.4. The van der Waals surface area contributed by atoms with E-state index in [1.165, 1.54) is 21.4 Å². The summed E-state index contributed by atoms with van der Waals surface area (Å²) in [6, 6.07) is 0.0330. The maximum atomic E-state index is 12.9. The smallest absolute Gasteiger partial charge is 0.246 e. The summed E-state index contributed by atoms with van der Waals surface area (Å²) >= 11 is 0. The number of sulfonamides is 1. The number of aromatic nitrogens is 6. The summed E-state index contributed by atoms with van der Waals surface area (Å²) in [4.78, 5) is 22.7. The SMILES string of the molecule is Cn1cc(S(=O)(=O)N2CC(N3CCc4c(-c5cnc(N)nc5)nc(N5CCOCC5)nc43)C2)cn1. The third-order valence-corrected chi connectivity index (χ3v) is 8.46. The van der Waals surface area contributed by atoms with Gasteiger partial charge in [-0.3, -0.25) is 4.68 Å². The van der Waals surface area contributed by atoms with Gasteiger partial charge in [0.2, 0.25) is 21.9 Å². The molecule has 3 aliphatic rings. The lowest BCUT2D eigenvalue weighted by Crippen LogP contribution is -2.60. The van der Waals surface area contributed by atoms with Crippen molar-refractivity contribution in [2.45, 2.75) is 17.4 Å². The van der Waals surface area contributed by atoms with Crippen molar-refractivity contribution in [1.29, 1.82) is 0 Å². The number of anilines is 3. The number of morpholine rings is 1. The molecule has 0 amide bonds. The Morgan fingerprint density at radius 3 is 2.49 bits per heavy atom. The van der Waals surface area contributed by atoms with Crippen molar-refractivity contribution in [2.75, 3.05) is 61.5 Å². The van der Waals surface area contributed by atoms with Gasteiger partial charge in [-0.05, 0) is 6.42 Å². The number of fused-ring (bicyclic) bond motifs is 1. The lowest BCUT2D eigenvalue weighted by molar-refractivity contribution is 0.122. The van der Waals surface area contributed by atoms with E-state index < -0.39 is 10.0 Å². The quantitative estimate of drug-likeness (QED) is 0.486. The van der Waals surface area contributed by atoms with Crippen LogP contribution in [-0.4, -0.2) is 94.4 Å². The molecule has 0 spiro atoms. The van der Waals surface area contributed by atoms with E-state index >= 15 is 0 Å². The molecule has 3 aliphatic heterocycles. The van der Waals surface area contributed by atoms with Crippen LogP contribution >= 0.6 is 0 Å². The first-order valence-electron chi connectivity index (χ1n) is 11.5. The molecule has 0 radical (unpaired) electrons. The van der Waals surface area contributed by atoms with Crippen LogP contribution in [0.15, 0.2) is 29.7 Å². The average molecular weight is 499 g/mol. The maximum absolute atomic E-state index is 12.9. The Balaban J connectivity index is 1.31. The van der Waals surface area contributed by atoms with Gasteiger partial charge >= 0.3 is 0 Å². The third kappa shape index (κ3) is 3.86. The van der Waals surface area contributed by atoms with Gasteiger partial charge in [-0.25, -0.2) is 23.4 Å². The zero-order valence-corrected chi connectivity index (χ0v) is 20.1. The van der Waals surface area contributed by atoms with E-state index in [9.17, 15) is 8.42 Å². The van der Waals surface area contributed by atoms with Crippen LogP contribution in [0, 0.1) is 0 Å². The molecule has 3 aromatic rings. The van der Waals surface area contributed by atoms with E-state index in [0.717, 1.165) is 35.6 Å². The lowest BCUT2D eigenvalue weighted by Gasteiger charge is -2.43. The Bertz CT molecular complexity index is 1350. The number of hydrogen-bond acceptors (Lipinski definition) is 11. The first-order chi connectivity index (χ1) is 16.9. The fraction of sp³-hybridized carbons (Fsp3) is 0.476. The standard InChI is InChI=1S/C21H26N10O3S/c1-28-13-16(10-25-28)35(32,33)30-11-15(12-30)31-3-2-17-18(14-8-23-20(22)24-9-14)26-21(27-19(17)31)29-4-6-34-7-5-29/h8-10,13,15H,2-7,11-12H2,1H3,(H2,22,23,24). The summed E-state index contributed by atoms with van der Waals surface area (Å²) in [6.45, 7) is 4.18. The van der Waals surface area contributed by atoms with E-state index in [-0.39, 0.29) is 16.9 Å². The lowest BCUT2D eigenvalue weighted by atomic mass is 10.1. The molecule has 14 heteroatoms. The predicted octanol–water partition coefficient (Wildman–Crippen LogP) is -0.478. The van der Waals surface area contributed by atoms with E-state index in [1.807, 2.05) is 0 Å². The van der Waals surface area contributed by atoms with Crippen molar-refractivity contribution in [3.05, 3.63) is 30.4 Å². The van der Waals surface area contributed by atoms with E-state index in [4.69, 9.17) is 20.4 Å². The zero-order chi connectivity index (χ0) is 24.2. The summed E-state index contributed by atoms with van der Waals surface area (Å²) in [7, 11) is -1.86. The highest BCUT2D eigenvalue weighted by atomic mass is 32.2. The van der Waals surface area contributed by atoms with E-state index in [0.29, 0.717) is 45.3 Å². The number of nitrogens with two attached hydrogens (primary N) is 1. The van der Waals surface area contributed by atoms with Gasteiger partial charge in [-0.2, -0.15) is 14.4 Å². The largest absolute Gasteiger partial charge is 0.378 e. The second-order valence-corrected chi connectivity index (χ2v) is 10.8. The second-order valence-electron chi connectivity index (χ2n) is 8.87. The normalized spacial score (nSPS) is 19.1. The van der Waals surface area contributed by atoms with Gasteiger partial charge in [0, 0.05) is 69.5 Å². The number of nitrogen functional groups attached to an aromatic ring is 1. The van der Waals surface area contributed by atoms with Gasteiger partial charge in [0.15, 0.2) is 0 Å². The Morgan fingerprint density at radius 1 is 1.06 bits per heavy atom. The molecule has 13 nitrogen and oxygen atoms in total. The Kier molecular flexibility index (Phi) is 5.30. The van der Waals surface area contributed by atoms with E-state index in [1.54, 1.807) is 19.4 Å². The molecular weight excluding hydrogens is 472 g/mol. The topological polar surface area (TPSA) is 148 Å². The van der Waals surface area contributed by atoms with Crippen molar-refractivity contribution in [3.8, 4) is 11.3 Å². The van der Waals surface area contributed by atoms with E-state index in [2.05, 4.69) is 24.9 Å². The summed E-state index contributed by atoms with van der Waals surface area (Å²) in [5, 5.41) is 4.00. The van der Waals surface area contributed by atoms with Gasteiger partial charge in [0.25, 0.3) is 0 Å². The molecule has 35 heavy (non-hydrogen) atoms. The molecule has 3 aromatic heterocycles. The van der Waals surface area contributed by atoms with Crippen molar-refractivity contribution in [1.82, 2.24) is 34.0 Å². The Labute approximate surface area is 202 Å². The zero-order valence-electron chi connectivity index (χ0n) is 19.3. The summed E-state index contributed by atoms with van der Waals surface area (Å²) in [6.07, 6.45) is 7.03. The van der Waals surface area contributed by atoms with Crippen molar-refractivity contribution in [2.24, 2.45) is 7.05 Å². The highest BCUT2D eigenvalue weighted by molar-refractivity contribution is 7.89. The number of rotatable bonds is 5. The molecule has 0 bridgehead atoms. The monoisotopic (exact) mass is 498 g/mol. The van der Waals surface area contributed by atoms with Crippen LogP contribution in [0.4, 0.5) is 17.7 Å². The molecule has 184 valence electrons. The first kappa shape index (κ1) is 22.1. The highest BCUT2D eigenvalue weighted by Crippen LogP contribution is 2.38. The Hall–Kier alpha value is -3.36. The molecule has 2 saturated heterocycles. The summed E-state index contributed by atoms with van der Waals surface area (Å²) in [5.41, 5.74) is 8.29. The van der Waals surface area contributed by atoms with Crippen LogP contribution in [0.25, 0.3) is 11.3 Å². The van der Waals surface area contributed by atoms with Crippen molar-refractivity contribution < 1.29 is 13.2 Å². The second kappa shape index (κ2) is 8.39. The van der Waals surface area contributed by atoms with Gasteiger partial charge in [0.1, 0.15) is 10.7 Å². The maximum Gasteiger partial charge on any atom is 0.246 e. The molecule has 0 saturated carbocycles. The molecule has 2 N–H and O–H groups in total. The van der Waals surface area contributed by atoms with Gasteiger partial charge in [-0.1, -0.05) is 0 Å². The number of hydrogen-bond donors (Lipinski definition) is 1. The third-order valence-electron chi connectivity index (χ3n) is 6.68. The summed E-state index contributed by atoms with van der Waals surface area (Å²) in [5.74, 6) is 1.68. The fourth-order valence-corrected chi connectivity index (χ4v) is 6.22. The molecular formula is C21H26N10O3S. The minimum atomic E-state index is -3.56. The molecule has 6 heterocycles. The van der Waals surface area contributed by atoms with Crippen molar-refractivity contribution >= 4 is 27.7 Å². The molecule has 0 aliphatic carbocycles. The predicted molar refractivity (Wildman–Crippen MR) is 127 cm³/mol. The van der Waals surface area contributed by atoms with Crippen molar-refractivity contribution in [3.63, 3.8) is 0 Å². The minimum absolute atomic E-state index is 0.0330. The average Bonchev–Trinajstić information content (AvgIpc) is 3.46. The van der Waals surface area contributed by atoms with Crippen LogP contribution in [0.5, 0.6) is 0 Å². The van der Waals surface area contributed by atoms with Gasteiger partial charge < -0.3 is 20.3 Å². The molecule has 0 unspecified atom stereocenters. The van der Waals surface area contributed by atoms with Gasteiger partial charge in [-0.15, -0.1) is 0 Å². The Morgan fingerprint density at radius 2 is 1.80 bits per heavy atom. The molecule has 2 fully saturated rings. The van der Waals surface area contributed by atoms with Gasteiger partial charge in [0.05, 0.1) is 31.1 Å². The first-order valence-corrected chi connectivity index (χ1v) is 12.9. The number of ether oxygens (including phenoxy) is 1. The van der Waals surface area contributed by atoms with Crippen LogP contribution in [0.2, 0.25) is 0 Å². The fourth-order valence-electron chi connectivity index (χ4n) is 4.72. The molecule has 0 atom stereocenters. The number of aryl methyl sites for hydroxylation is 1. The highest BCUT2D eigenvalue weighted by Gasteiger charge is 2.43. The molecule has 6 rings (SSSR count). The number of nitrogens with zero attached hydrogens (tertiary/aromatic N) is 9. The van der Waals surface area contributed by atoms with Crippen LogP contribution in [0.1, 0.15) is 5.56 Å². The van der Waals surface area contributed by atoms with Crippen LogP contribution < -0.4 is 15.5 Å².